The lowest BCUT2D eigenvalue weighted by Gasteiger charge is -2.28. The van der Waals surface area contributed by atoms with Crippen LogP contribution in [0.1, 0.15) is 22.7 Å². The molecule has 0 radical (unpaired) electrons. The maximum absolute atomic E-state index is 14.0. The first-order chi connectivity index (χ1) is 10.1. The van der Waals surface area contributed by atoms with E-state index in [1.54, 1.807) is 13.2 Å². The zero-order chi connectivity index (χ0) is 15.0. The van der Waals surface area contributed by atoms with Crippen LogP contribution < -0.4 is 10.1 Å². The highest BCUT2D eigenvalue weighted by atomic mass is 19.2. The van der Waals surface area contributed by atoms with Crippen molar-refractivity contribution in [1.82, 2.24) is 5.32 Å². The zero-order valence-electron chi connectivity index (χ0n) is 11.4. The highest BCUT2D eigenvalue weighted by Gasteiger charge is 2.26. The van der Waals surface area contributed by atoms with Gasteiger partial charge in [0, 0.05) is 12.1 Å². The molecule has 1 atom stereocenters. The Bertz CT molecular complexity index is 687. The Morgan fingerprint density at radius 1 is 1.05 bits per heavy atom. The minimum absolute atomic E-state index is 0.100. The summed E-state index contributed by atoms with van der Waals surface area (Å²) in [5, 5.41) is 3.15. The van der Waals surface area contributed by atoms with Crippen LogP contribution >= 0.6 is 0 Å². The number of rotatable bonds is 2. The first kappa shape index (κ1) is 13.9. The Kier molecular flexibility index (Phi) is 3.59. The van der Waals surface area contributed by atoms with Gasteiger partial charge in [-0.05, 0) is 35.7 Å². The van der Waals surface area contributed by atoms with E-state index in [2.05, 4.69) is 5.32 Å². The number of hydrogen-bond donors (Lipinski definition) is 1. The van der Waals surface area contributed by atoms with Gasteiger partial charge >= 0.3 is 0 Å². The number of hydrogen-bond acceptors (Lipinski definition) is 2. The summed E-state index contributed by atoms with van der Waals surface area (Å²) >= 11 is 0. The summed E-state index contributed by atoms with van der Waals surface area (Å²) in [6, 6.07) is 7.26. The SMILES string of the molecule is COc1ccc2c(c1)C(c1ccc(F)c(F)c1F)NCC2. The number of ether oxygens (including phenoxy) is 1. The van der Waals surface area contributed by atoms with Gasteiger partial charge in [0.1, 0.15) is 5.75 Å². The van der Waals surface area contributed by atoms with Gasteiger partial charge in [-0.15, -0.1) is 0 Å². The van der Waals surface area contributed by atoms with E-state index in [0.717, 1.165) is 23.6 Å². The lowest BCUT2D eigenvalue weighted by Crippen LogP contribution is -2.31. The van der Waals surface area contributed by atoms with Crippen LogP contribution in [0, 0.1) is 17.5 Å². The fourth-order valence-corrected chi connectivity index (χ4v) is 2.70. The molecule has 0 spiro atoms. The third kappa shape index (κ3) is 2.38. The van der Waals surface area contributed by atoms with Gasteiger partial charge in [0.25, 0.3) is 0 Å². The van der Waals surface area contributed by atoms with Crippen LogP contribution in [0.25, 0.3) is 0 Å². The van der Waals surface area contributed by atoms with E-state index in [1.807, 2.05) is 12.1 Å². The molecule has 1 unspecified atom stereocenters. The van der Waals surface area contributed by atoms with E-state index in [4.69, 9.17) is 4.74 Å². The van der Waals surface area contributed by atoms with Crippen molar-refractivity contribution in [3.63, 3.8) is 0 Å². The Labute approximate surface area is 120 Å². The van der Waals surface area contributed by atoms with Crippen LogP contribution in [0.5, 0.6) is 5.75 Å². The van der Waals surface area contributed by atoms with Gasteiger partial charge in [0.15, 0.2) is 17.5 Å². The molecule has 21 heavy (non-hydrogen) atoms. The number of benzene rings is 2. The normalized spacial score (nSPS) is 17.4. The molecule has 2 aromatic carbocycles. The molecule has 1 N–H and O–H groups in total. The number of halogens is 3. The minimum atomic E-state index is -1.44. The fraction of sp³-hybridized carbons (Fsp3) is 0.250. The van der Waals surface area contributed by atoms with Crippen molar-refractivity contribution in [2.24, 2.45) is 0 Å². The second-order valence-electron chi connectivity index (χ2n) is 4.97. The molecular weight excluding hydrogens is 279 g/mol. The summed E-state index contributed by atoms with van der Waals surface area (Å²) in [4.78, 5) is 0. The molecule has 0 saturated carbocycles. The van der Waals surface area contributed by atoms with E-state index in [0.29, 0.717) is 12.3 Å². The largest absolute Gasteiger partial charge is 0.497 e. The van der Waals surface area contributed by atoms with Crippen molar-refractivity contribution in [1.29, 1.82) is 0 Å². The predicted molar refractivity (Wildman–Crippen MR) is 72.9 cm³/mol. The molecule has 2 aromatic rings. The molecule has 1 aliphatic heterocycles. The van der Waals surface area contributed by atoms with Crippen molar-refractivity contribution in [3.05, 3.63) is 64.5 Å². The fourth-order valence-electron chi connectivity index (χ4n) is 2.70. The Morgan fingerprint density at radius 3 is 2.62 bits per heavy atom. The molecule has 5 heteroatoms. The average Bonchev–Trinajstić information content (AvgIpc) is 2.52. The van der Waals surface area contributed by atoms with Crippen LogP contribution in [-0.4, -0.2) is 13.7 Å². The Hall–Kier alpha value is -2.01. The second-order valence-corrected chi connectivity index (χ2v) is 4.97. The smallest absolute Gasteiger partial charge is 0.194 e. The van der Waals surface area contributed by atoms with Crippen LogP contribution in [0.3, 0.4) is 0 Å². The molecule has 0 amide bonds. The summed E-state index contributed by atoms with van der Waals surface area (Å²) < 4.78 is 45.8. The summed E-state index contributed by atoms with van der Waals surface area (Å²) in [6.07, 6.45) is 0.793. The summed E-state index contributed by atoms with van der Waals surface area (Å²) in [5.41, 5.74) is 1.97. The first-order valence-corrected chi connectivity index (χ1v) is 6.65. The van der Waals surface area contributed by atoms with Gasteiger partial charge in [0.2, 0.25) is 0 Å². The quantitative estimate of drug-likeness (QED) is 0.857. The molecule has 0 fully saturated rings. The maximum atomic E-state index is 14.0. The predicted octanol–water partition coefficient (Wildman–Crippen LogP) is 3.35. The highest BCUT2D eigenvalue weighted by Crippen LogP contribution is 2.33. The maximum Gasteiger partial charge on any atom is 0.194 e. The van der Waals surface area contributed by atoms with E-state index >= 15 is 0 Å². The number of nitrogens with one attached hydrogen (secondary N) is 1. The topological polar surface area (TPSA) is 21.3 Å². The van der Waals surface area contributed by atoms with E-state index in [1.165, 1.54) is 6.07 Å². The van der Waals surface area contributed by atoms with Crippen molar-refractivity contribution in [3.8, 4) is 5.75 Å². The van der Waals surface area contributed by atoms with E-state index < -0.39 is 23.5 Å². The molecule has 0 bridgehead atoms. The molecule has 110 valence electrons. The van der Waals surface area contributed by atoms with Gasteiger partial charge in [0.05, 0.1) is 13.2 Å². The second kappa shape index (κ2) is 5.41. The van der Waals surface area contributed by atoms with Gasteiger partial charge in [-0.1, -0.05) is 12.1 Å². The summed E-state index contributed by atoms with van der Waals surface area (Å²) in [7, 11) is 1.55. The van der Waals surface area contributed by atoms with Crippen molar-refractivity contribution >= 4 is 0 Å². The van der Waals surface area contributed by atoms with E-state index in [9.17, 15) is 13.2 Å². The molecule has 1 aliphatic rings. The minimum Gasteiger partial charge on any atom is -0.497 e. The van der Waals surface area contributed by atoms with Gasteiger partial charge in [-0.2, -0.15) is 0 Å². The monoisotopic (exact) mass is 293 g/mol. The van der Waals surface area contributed by atoms with Crippen molar-refractivity contribution < 1.29 is 17.9 Å². The third-order valence-electron chi connectivity index (χ3n) is 3.78. The Balaban J connectivity index is 2.12. The standard InChI is InChI=1S/C16H14F3NO/c1-21-10-3-2-9-6-7-20-16(12(9)8-10)11-4-5-13(17)15(19)14(11)18/h2-5,8,16,20H,6-7H2,1H3. The molecule has 1 heterocycles. The lowest BCUT2D eigenvalue weighted by atomic mass is 9.89. The lowest BCUT2D eigenvalue weighted by molar-refractivity contribution is 0.411. The molecule has 3 rings (SSSR count). The van der Waals surface area contributed by atoms with Gasteiger partial charge in [-0.3, -0.25) is 0 Å². The summed E-state index contributed by atoms with van der Waals surface area (Å²) in [5.74, 6) is -3.13. The number of methoxy groups -OCH3 is 1. The summed E-state index contributed by atoms with van der Waals surface area (Å²) in [6.45, 7) is 0.641. The third-order valence-corrected chi connectivity index (χ3v) is 3.78. The highest BCUT2D eigenvalue weighted by molar-refractivity contribution is 5.44. The molecule has 0 aliphatic carbocycles. The van der Waals surface area contributed by atoms with Crippen LogP contribution in [-0.2, 0) is 6.42 Å². The van der Waals surface area contributed by atoms with Crippen molar-refractivity contribution in [2.45, 2.75) is 12.5 Å². The van der Waals surface area contributed by atoms with Crippen LogP contribution in [0.15, 0.2) is 30.3 Å². The van der Waals surface area contributed by atoms with Gasteiger partial charge < -0.3 is 10.1 Å². The van der Waals surface area contributed by atoms with Crippen LogP contribution in [0.4, 0.5) is 13.2 Å². The average molecular weight is 293 g/mol. The molecule has 0 aromatic heterocycles. The molecule has 0 saturated heterocycles. The Morgan fingerprint density at radius 2 is 1.86 bits per heavy atom. The van der Waals surface area contributed by atoms with Gasteiger partial charge in [-0.25, -0.2) is 13.2 Å². The molecule has 2 nitrogen and oxygen atoms in total. The van der Waals surface area contributed by atoms with Crippen molar-refractivity contribution in [2.75, 3.05) is 13.7 Å². The molecular formula is C16H14F3NO. The first-order valence-electron chi connectivity index (χ1n) is 6.65. The number of fused-ring (bicyclic) bond motifs is 1. The zero-order valence-corrected chi connectivity index (χ0v) is 11.4. The van der Waals surface area contributed by atoms with Crippen LogP contribution in [0.2, 0.25) is 0 Å². The van der Waals surface area contributed by atoms with E-state index in [-0.39, 0.29) is 5.56 Å².